The molecule has 0 spiro atoms. The van der Waals surface area contributed by atoms with Gasteiger partial charge in [0.2, 0.25) is 0 Å². The number of nitrogens with zero attached hydrogens (tertiary/aromatic N) is 5. The Morgan fingerprint density at radius 2 is 1.93 bits per heavy atom. The zero-order valence-corrected chi connectivity index (χ0v) is 17.1. The van der Waals surface area contributed by atoms with Crippen LogP contribution in [0, 0.1) is 13.8 Å². The highest BCUT2D eigenvalue weighted by molar-refractivity contribution is 5.79. The zero-order chi connectivity index (χ0) is 19.9. The van der Waals surface area contributed by atoms with Crippen molar-refractivity contribution in [2.24, 2.45) is 12.0 Å². The first-order valence-electron chi connectivity index (χ1n) is 9.63. The van der Waals surface area contributed by atoms with Crippen molar-refractivity contribution >= 4 is 5.96 Å². The highest BCUT2D eigenvalue weighted by Gasteiger charge is 2.10. The van der Waals surface area contributed by atoms with Crippen molar-refractivity contribution in [3.63, 3.8) is 0 Å². The van der Waals surface area contributed by atoms with E-state index in [1.807, 2.05) is 37.1 Å². The third-order valence-electron chi connectivity index (χ3n) is 4.81. The average molecular weight is 380 g/mol. The molecular formula is C21H29N7. The highest BCUT2D eigenvalue weighted by atomic mass is 15.3. The van der Waals surface area contributed by atoms with Crippen LogP contribution in [0.1, 0.15) is 35.3 Å². The second-order valence-corrected chi connectivity index (χ2v) is 6.78. The molecule has 2 heterocycles. The quantitative estimate of drug-likeness (QED) is 0.489. The number of rotatable bonds is 7. The number of hydrogen-bond donors (Lipinski definition) is 2. The van der Waals surface area contributed by atoms with Gasteiger partial charge in [0, 0.05) is 43.8 Å². The van der Waals surface area contributed by atoms with E-state index in [4.69, 9.17) is 4.99 Å². The smallest absolute Gasteiger partial charge is 0.191 e. The predicted octanol–water partition coefficient (Wildman–Crippen LogP) is 2.54. The van der Waals surface area contributed by atoms with Gasteiger partial charge >= 0.3 is 0 Å². The van der Waals surface area contributed by atoms with Gasteiger partial charge in [0.05, 0.1) is 18.8 Å². The number of aryl methyl sites for hydroxylation is 2. The fourth-order valence-corrected chi connectivity index (χ4v) is 3.14. The van der Waals surface area contributed by atoms with Crippen molar-refractivity contribution in [3.8, 4) is 0 Å². The maximum absolute atomic E-state index is 4.74. The van der Waals surface area contributed by atoms with Crippen LogP contribution >= 0.6 is 0 Å². The molecule has 0 atom stereocenters. The fraction of sp³-hybridized carbons (Fsp3) is 0.381. The Bertz CT molecular complexity index is 922. The third-order valence-corrected chi connectivity index (χ3v) is 4.81. The molecule has 0 bridgehead atoms. The lowest BCUT2D eigenvalue weighted by Crippen LogP contribution is -2.37. The topological polar surface area (TPSA) is 72.1 Å². The van der Waals surface area contributed by atoms with E-state index in [1.165, 1.54) is 11.1 Å². The minimum absolute atomic E-state index is 0.597. The second-order valence-electron chi connectivity index (χ2n) is 6.78. The van der Waals surface area contributed by atoms with Crippen LogP contribution in [0.3, 0.4) is 0 Å². The Labute approximate surface area is 166 Å². The summed E-state index contributed by atoms with van der Waals surface area (Å²) in [5, 5.41) is 11.2. The minimum Gasteiger partial charge on any atom is -0.357 e. The van der Waals surface area contributed by atoms with Gasteiger partial charge in [0.15, 0.2) is 5.96 Å². The van der Waals surface area contributed by atoms with Gasteiger partial charge < -0.3 is 15.2 Å². The van der Waals surface area contributed by atoms with Gasteiger partial charge in [-0.3, -0.25) is 4.68 Å². The predicted molar refractivity (Wildman–Crippen MR) is 112 cm³/mol. The summed E-state index contributed by atoms with van der Waals surface area (Å²) in [5.74, 6) is 1.75. The number of imidazole rings is 1. The van der Waals surface area contributed by atoms with Crippen LogP contribution in [0.25, 0.3) is 0 Å². The molecule has 1 aromatic carbocycles. The summed E-state index contributed by atoms with van der Waals surface area (Å²) in [7, 11) is 1.96. The third kappa shape index (κ3) is 4.79. The highest BCUT2D eigenvalue weighted by Crippen LogP contribution is 2.13. The molecule has 3 rings (SSSR count). The van der Waals surface area contributed by atoms with Crippen LogP contribution in [-0.4, -0.2) is 31.8 Å². The normalized spacial score (nSPS) is 11.6. The van der Waals surface area contributed by atoms with Gasteiger partial charge in [-0.25, -0.2) is 9.98 Å². The lowest BCUT2D eigenvalue weighted by Gasteiger charge is -2.13. The molecule has 2 aromatic heterocycles. The van der Waals surface area contributed by atoms with E-state index >= 15 is 0 Å². The average Bonchev–Trinajstić information content (AvgIpc) is 3.22. The first-order valence-corrected chi connectivity index (χ1v) is 9.63. The van der Waals surface area contributed by atoms with Crippen LogP contribution in [-0.2, 0) is 26.7 Å². The van der Waals surface area contributed by atoms with E-state index in [0.29, 0.717) is 13.1 Å². The molecule has 0 radical (unpaired) electrons. The van der Waals surface area contributed by atoms with Crippen LogP contribution in [0.5, 0.6) is 0 Å². The Balaban J connectivity index is 1.66. The molecule has 0 amide bonds. The number of aliphatic imine (C=N–C) groups is 1. The number of guanidine groups is 1. The minimum atomic E-state index is 0.597. The number of nitrogens with one attached hydrogen (secondary N) is 2. The van der Waals surface area contributed by atoms with Gasteiger partial charge in [0.25, 0.3) is 0 Å². The van der Waals surface area contributed by atoms with Crippen molar-refractivity contribution in [2.45, 2.75) is 40.4 Å². The van der Waals surface area contributed by atoms with Crippen molar-refractivity contribution in [1.82, 2.24) is 30.0 Å². The van der Waals surface area contributed by atoms with Crippen LogP contribution in [0.4, 0.5) is 0 Å². The number of benzene rings is 1. The van der Waals surface area contributed by atoms with Crippen molar-refractivity contribution < 1.29 is 0 Å². The molecule has 0 unspecified atom stereocenters. The largest absolute Gasteiger partial charge is 0.357 e. The molecule has 2 N–H and O–H groups in total. The summed E-state index contributed by atoms with van der Waals surface area (Å²) < 4.78 is 4.06. The molecule has 0 fully saturated rings. The van der Waals surface area contributed by atoms with Gasteiger partial charge in [-0.2, -0.15) is 5.10 Å². The van der Waals surface area contributed by atoms with Crippen LogP contribution < -0.4 is 10.6 Å². The molecule has 7 nitrogen and oxygen atoms in total. The number of hydrogen-bond acceptors (Lipinski definition) is 3. The molecule has 0 saturated carbocycles. The second kappa shape index (κ2) is 9.21. The van der Waals surface area contributed by atoms with Gasteiger partial charge in [0.1, 0.15) is 5.82 Å². The van der Waals surface area contributed by atoms with Gasteiger partial charge in [-0.15, -0.1) is 0 Å². The molecule has 7 heteroatoms. The van der Waals surface area contributed by atoms with E-state index in [1.54, 1.807) is 0 Å². The van der Waals surface area contributed by atoms with E-state index < -0.39 is 0 Å². The first kappa shape index (κ1) is 19.7. The Morgan fingerprint density at radius 3 is 2.61 bits per heavy atom. The summed E-state index contributed by atoms with van der Waals surface area (Å²) in [6, 6.07) is 10.4. The standard InChI is InChI=1S/C21H29N7/c1-5-22-21(24-13-19-16(2)26-27(4)17(19)3)25-14-20-23-11-12-28(20)15-18-9-7-6-8-10-18/h6-12H,5,13-15H2,1-4H3,(H2,22,24,25). The van der Waals surface area contributed by atoms with Gasteiger partial charge in [-0.05, 0) is 26.3 Å². The van der Waals surface area contributed by atoms with E-state index in [2.05, 4.69) is 63.4 Å². The summed E-state index contributed by atoms with van der Waals surface area (Å²) >= 11 is 0. The maximum atomic E-state index is 4.74. The fourth-order valence-electron chi connectivity index (χ4n) is 3.14. The Hall–Kier alpha value is -3.09. The lowest BCUT2D eigenvalue weighted by molar-refractivity contribution is 0.688. The van der Waals surface area contributed by atoms with Crippen molar-refractivity contribution in [1.29, 1.82) is 0 Å². The zero-order valence-electron chi connectivity index (χ0n) is 17.1. The molecule has 0 saturated heterocycles. The summed E-state index contributed by atoms with van der Waals surface area (Å²) in [5.41, 5.74) is 4.60. The van der Waals surface area contributed by atoms with Crippen LogP contribution in [0.2, 0.25) is 0 Å². The van der Waals surface area contributed by atoms with Gasteiger partial charge in [-0.1, -0.05) is 30.3 Å². The van der Waals surface area contributed by atoms with Crippen molar-refractivity contribution in [2.75, 3.05) is 6.54 Å². The molecule has 148 valence electrons. The number of aromatic nitrogens is 4. The van der Waals surface area contributed by atoms with E-state index in [0.717, 1.165) is 36.3 Å². The van der Waals surface area contributed by atoms with E-state index in [9.17, 15) is 0 Å². The summed E-state index contributed by atoms with van der Waals surface area (Å²) in [6.45, 7) is 8.98. The van der Waals surface area contributed by atoms with E-state index in [-0.39, 0.29) is 0 Å². The first-order chi connectivity index (χ1) is 13.6. The molecule has 3 aromatic rings. The molecule has 28 heavy (non-hydrogen) atoms. The maximum Gasteiger partial charge on any atom is 0.191 e. The van der Waals surface area contributed by atoms with Crippen molar-refractivity contribution in [3.05, 3.63) is 71.1 Å². The molecule has 0 aliphatic heterocycles. The summed E-state index contributed by atoms with van der Waals surface area (Å²) in [6.07, 6.45) is 3.85. The Morgan fingerprint density at radius 1 is 1.14 bits per heavy atom. The molecule has 0 aliphatic carbocycles. The monoisotopic (exact) mass is 379 g/mol. The SMILES string of the molecule is CCNC(=NCc1c(C)nn(C)c1C)NCc1nccn1Cc1ccccc1. The van der Waals surface area contributed by atoms with Crippen LogP contribution in [0.15, 0.2) is 47.7 Å². The Kier molecular flexibility index (Phi) is 6.47. The lowest BCUT2D eigenvalue weighted by atomic mass is 10.2. The summed E-state index contributed by atoms with van der Waals surface area (Å²) in [4.78, 5) is 9.23. The molecular weight excluding hydrogens is 350 g/mol. The molecule has 0 aliphatic rings.